The van der Waals surface area contributed by atoms with Gasteiger partial charge in [0, 0.05) is 41.2 Å². The van der Waals surface area contributed by atoms with Crippen LogP contribution in [0.3, 0.4) is 0 Å². The molecule has 0 radical (unpaired) electrons. The zero-order valence-corrected chi connectivity index (χ0v) is 20.5. The van der Waals surface area contributed by atoms with E-state index in [0.29, 0.717) is 41.2 Å². The van der Waals surface area contributed by atoms with Crippen molar-refractivity contribution in [1.29, 1.82) is 0 Å². The van der Waals surface area contributed by atoms with Gasteiger partial charge in [-0.3, -0.25) is 20.7 Å². The number of carbonyl (C=O) groups is 1. The predicted octanol–water partition coefficient (Wildman–Crippen LogP) is 1.32. The highest BCUT2D eigenvalue weighted by molar-refractivity contribution is 8.00. The Morgan fingerprint density at radius 1 is 0.969 bits per heavy atom. The smallest absolute Gasteiger partial charge is 0.223 e. The number of hydrogen-bond acceptors (Lipinski definition) is 7. The number of fused-ring (bicyclic) bond motifs is 1. The van der Waals surface area contributed by atoms with Crippen LogP contribution < -0.4 is 31.9 Å². The molecular weight excluding hydrogens is 420 g/mol. The zero-order chi connectivity index (χ0) is 21.9. The van der Waals surface area contributed by atoms with Crippen molar-refractivity contribution in [1.82, 2.24) is 31.9 Å². The number of hydrogen-bond donors (Lipinski definition) is 6. The average molecular weight is 465 g/mol. The molecule has 7 nitrogen and oxygen atoms in total. The van der Waals surface area contributed by atoms with E-state index in [1.165, 1.54) is 32.2 Å². The Bertz CT molecular complexity index is 632. The van der Waals surface area contributed by atoms with Gasteiger partial charge in [-0.2, -0.15) is 0 Å². The van der Waals surface area contributed by atoms with Crippen molar-refractivity contribution in [2.24, 2.45) is 17.8 Å². The van der Waals surface area contributed by atoms with Gasteiger partial charge >= 0.3 is 0 Å². The average Bonchev–Trinajstić information content (AvgIpc) is 3.29. The van der Waals surface area contributed by atoms with Gasteiger partial charge in [0.05, 0.1) is 0 Å². The number of nitrogens with one attached hydrogen (secondary N) is 6. The Morgan fingerprint density at radius 2 is 1.91 bits per heavy atom. The predicted molar refractivity (Wildman–Crippen MR) is 131 cm³/mol. The van der Waals surface area contributed by atoms with E-state index in [0.717, 1.165) is 57.0 Å². The summed E-state index contributed by atoms with van der Waals surface area (Å²) in [7, 11) is 0. The molecule has 8 heteroatoms. The lowest BCUT2D eigenvalue weighted by atomic mass is 9.78. The molecule has 3 heterocycles. The van der Waals surface area contributed by atoms with Crippen LogP contribution in [0.15, 0.2) is 0 Å². The molecule has 3 aliphatic heterocycles. The topological polar surface area (TPSA) is 89.2 Å². The first-order valence-corrected chi connectivity index (χ1v) is 14.3. The van der Waals surface area contributed by atoms with Gasteiger partial charge < -0.3 is 16.0 Å². The minimum absolute atomic E-state index is 0.151. The summed E-state index contributed by atoms with van der Waals surface area (Å²) < 4.78 is 0. The molecule has 1 amide bonds. The maximum absolute atomic E-state index is 13.2. The standard InChI is InChI=1S/C24H44N6OS/c1-15-4-5-16(23(31)28-18-6-7-20-22(12-18)32-14-27-20)11-21(15)30-24-26-10-8-19(29-24)17-3-2-9-25-13-17/h15-22,24-27,29-30H,2-14H2,1H3,(H,28,31). The van der Waals surface area contributed by atoms with Crippen LogP contribution in [0.4, 0.5) is 0 Å². The van der Waals surface area contributed by atoms with E-state index < -0.39 is 0 Å². The molecule has 9 unspecified atom stereocenters. The zero-order valence-electron chi connectivity index (χ0n) is 19.7. The largest absolute Gasteiger partial charge is 0.353 e. The number of thioether (sulfide) groups is 1. The molecule has 0 bridgehead atoms. The maximum atomic E-state index is 13.2. The van der Waals surface area contributed by atoms with E-state index in [2.05, 4.69) is 38.8 Å². The van der Waals surface area contributed by atoms with Gasteiger partial charge in [-0.05, 0) is 89.3 Å². The SMILES string of the molecule is CC1CCC(C(=O)NC2CCC3NCSC3C2)CC1NC1NCCC(C2CCCNC2)N1. The molecule has 5 fully saturated rings. The van der Waals surface area contributed by atoms with Crippen LogP contribution in [-0.4, -0.2) is 67.1 Å². The van der Waals surface area contributed by atoms with Crippen molar-refractivity contribution in [2.75, 3.05) is 25.5 Å². The first kappa shape index (κ1) is 23.4. The normalized spacial score (nSPS) is 45.2. The second kappa shape index (κ2) is 10.9. The van der Waals surface area contributed by atoms with Crippen LogP contribution in [0.2, 0.25) is 0 Å². The molecule has 182 valence electrons. The summed E-state index contributed by atoms with van der Waals surface area (Å²) in [5.41, 5.74) is 0. The third-order valence-corrected chi connectivity index (χ3v) is 10.1. The van der Waals surface area contributed by atoms with Crippen molar-refractivity contribution < 1.29 is 4.79 Å². The monoisotopic (exact) mass is 464 g/mol. The lowest BCUT2D eigenvalue weighted by molar-refractivity contribution is -0.127. The van der Waals surface area contributed by atoms with Crippen LogP contribution in [-0.2, 0) is 4.79 Å². The highest BCUT2D eigenvalue weighted by Crippen LogP contribution is 2.34. The molecule has 3 saturated heterocycles. The van der Waals surface area contributed by atoms with Crippen molar-refractivity contribution in [3.63, 3.8) is 0 Å². The molecule has 5 rings (SSSR count). The third kappa shape index (κ3) is 5.63. The summed E-state index contributed by atoms with van der Waals surface area (Å²) in [5, 5.41) is 22.6. The van der Waals surface area contributed by atoms with Gasteiger partial charge in [0.2, 0.25) is 5.91 Å². The molecule has 2 aliphatic carbocycles. The number of amides is 1. The molecule has 5 aliphatic rings. The minimum Gasteiger partial charge on any atom is -0.353 e. The fourth-order valence-corrected chi connectivity index (χ4v) is 8.06. The Labute approximate surface area is 198 Å². The van der Waals surface area contributed by atoms with Crippen LogP contribution in [0.1, 0.15) is 64.7 Å². The summed E-state index contributed by atoms with van der Waals surface area (Å²) in [5.74, 6) is 2.87. The minimum atomic E-state index is 0.151. The van der Waals surface area contributed by atoms with Crippen LogP contribution >= 0.6 is 11.8 Å². The third-order valence-electron chi connectivity index (χ3n) is 8.82. The van der Waals surface area contributed by atoms with E-state index in [9.17, 15) is 4.79 Å². The first-order valence-electron chi connectivity index (χ1n) is 13.3. The Kier molecular flexibility index (Phi) is 7.97. The van der Waals surface area contributed by atoms with Gasteiger partial charge in [0.25, 0.3) is 0 Å². The highest BCUT2D eigenvalue weighted by atomic mass is 32.2. The van der Waals surface area contributed by atoms with E-state index in [1.807, 2.05) is 11.8 Å². The van der Waals surface area contributed by atoms with E-state index in [4.69, 9.17) is 0 Å². The van der Waals surface area contributed by atoms with Gasteiger partial charge in [0.1, 0.15) is 6.29 Å². The molecule has 0 aromatic rings. The van der Waals surface area contributed by atoms with Crippen LogP contribution in [0.5, 0.6) is 0 Å². The van der Waals surface area contributed by atoms with Crippen molar-refractivity contribution >= 4 is 17.7 Å². The van der Waals surface area contributed by atoms with Gasteiger partial charge in [-0.15, -0.1) is 11.8 Å². The summed E-state index contributed by atoms with van der Waals surface area (Å²) in [4.78, 5) is 13.2. The Balaban J connectivity index is 1.11. The summed E-state index contributed by atoms with van der Waals surface area (Å²) in [6, 6.07) is 2.00. The lowest BCUT2D eigenvalue weighted by Crippen LogP contribution is -2.66. The molecule has 32 heavy (non-hydrogen) atoms. The summed E-state index contributed by atoms with van der Waals surface area (Å²) >= 11 is 2.03. The second-order valence-corrected chi connectivity index (χ2v) is 12.2. The molecule has 2 saturated carbocycles. The molecule has 6 N–H and O–H groups in total. The van der Waals surface area contributed by atoms with E-state index >= 15 is 0 Å². The van der Waals surface area contributed by atoms with Crippen molar-refractivity contribution in [3.8, 4) is 0 Å². The Hall–Kier alpha value is -0.380. The quantitative estimate of drug-likeness (QED) is 0.366. The molecule has 0 spiro atoms. The molecule has 9 atom stereocenters. The molecule has 0 aromatic carbocycles. The maximum Gasteiger partial charge on any atom is 0.223 e. The van der Waals surface area contributed by atoms with Gasteiger partial charge in [0.15, 0.2) is 0 Å². The molecular formula is C24H44N6OS. The summed E-state index contributed by atoms with van der Waals surface area (Å²) in [6.45, 7) is 5.73. The number of rotatable bonds is 5. The first-order chi connectivity index (χ1) is 15.7. The highest BCUT2D eigenvalue weighted by Gasteiger charge is 2.38. The number of piperidine rings is 1. The van der Waals surface area contributed by atoms with E-state index in [-0.39, 0.29) is 12.2 Å². The number of carbonyl (C=O) groups excluding carboxylic acids is 1. The fraction of sp³-hybridized carbons (Fsp3) is 0.958. The van der Waals surface area contributed by atoms with Crippen molar-refractivity contribution in [2.45, 2.75) is 100 Å². The lowest BCUT2D eigenvalue weighted by Gasteiger charge is -2.42. The Morgan fingerprint density at radius 3 is 2.78 bits per heavy atom. The van der Waals surface area contributed by atoms with Crippen LogP contribution in [0, 0.1) is 17.8 Å². The van der Waals surface area contributed by atoms with Gasteiger partial charge in [-0.25, -0.2) is 0 Å². The van der Waals surface area contributed by atoms with Gasteiger partial charge in [-0.1, -0.05) is 6.92 Å². The van der Waals surface area contributed by atoms with E-state index in [1.54, 1.807) is 0 Å². The second-order valence-electron chi connectivity index (χ2n) is 11.0. The molecule has 0 aromatic heterocycles. The fourth-order valence-electron chi connectivity index (χ4n) is 6.71. The van der Waals surface area contributed by atoms with Crippen molar-refractivity contribution in [3.05, 3.63) is 0 Å². The van der Waals surface area contributed by atoms with Crippen LogP contribution in [0.25, 0.3) is 0 Å². The summed E-state index contributed by atoms with van der Waals surface area (Å²) in [6.07, 6.45) is 10.6.